The van der Waals surface area contributed by atoms with E-state index >= 15 is 0 Å². The first-order valence-corrected chi connectivity index (χ1v) is 11.1. The van der Waals surface area contributed by atoms with Gasteiger partial charge in [0.1, 0.15) is 0 Å². The van der Waals surface area contributed by atoms with Crippen molar-refractivity contribution >= 4 is 21.7 Å². The van der Waals surface area contributed by atoms with Crippen LogP contribution in [0.2, 0.25) is 0 Å². The minimum atomic E-state index is -2.98. The first-order valence-electron chi connectivity index (χ1n) is 9.28. The summed E-state index contributed by atoms with van der Waals surface area (Å²) in [6, 6.07) is 1.92. The Morgan fingerprint density at radius 1 is 1.08 bits per heavy atom. The van der Waals surface area contributed by atoms with Gasteiger partial charge in [-0.05, 0) is 25.3 Å². The third kappa shape index (κ3) is 3.98. The lowest BCUT2D eigenvalue weighted by molar-refractivity contribution is -0.135. The molecule has 1 atom stereocenters. The van der Waals surface area contributed by atoms with E-state index in [0.29, 0.717) is 13.0 Å². The molecule has 1 amide bonds. The summed E-state index contributed by atoms with van der Waals surface area (Å²) < 4.78 is 23.6. The number of carbonyl (C=O) groups is 1. The molecule has 9 heteroatoms. The van der Waals surface area contributed by atoms with Gasteiger partial charge in [0, 0.05) is 50.7 Å². The van der Waals surface area contributed by atoms with Crippen LogP contribution in [0.3, 0.4) is 0 Å². The zero-order valence-corrected chi connectivity index (χ0v) is 15.6. The Morgan fingerprint density at radius 3 is 2.35 bits per heavy atom. The molecule has 4 rings (SSSR count). The van der Waals surface area contributed by atoms with Crippen LogP contribution in [-0.4, -0.2) is 90.4 Å². The van der Waals surface area contributed by atoms with Crippen molar-refractivity contribution in [1.29, 1.82) is 0 Å². The molecule has 0 spiro atoms. The van der Waals surface area contributed by atoms with Crippen LogP contribution in [0.15, 0.2) is 18.5 Å². The van der Waals surface area contributed by atoms with Crippen LogP contribution in [0.4, 0.5) is 5.95 Å². The molecule has 2 aliphatic heterocycles. The number of carbonyl (C=O) groups excluding carboxylic acids is 1. The fourth-order valence-electron chi connectivity index (χ4n) is 3.89. The number of sulfone groups is 1. The highest BCUT2D eigenvalue weighted by Gasteiger charge is 2.42. The van der Waals surface area contributed by atoms with Crippen LogP contribution in [0.1, 0.15) is 19.3 Å². The van der Waals surface area contributed by atoms with Crippen LogP contribution >= 0.6 is 0 Å². The monoisotopic (exact) mass is 379 g/mol. The fraction of sp³-hybridized carbons (Fsp3) is 0.706. The Labute approximate surface area is 154 Å². The Hall–Kier alpha value is -1.74. The molecule has 1 aliphatic carbocycles. The van der Waals surface area contributed by atoms with Crippen LogP contribution in [0.5, 0.6) is 0 Å². The molecule has 3 heterocycles. The van der Waals surface area contributed by atoms with Gasteiger partial charge in [-0.25, -0.2) is 18.4 Å². The van der Waals surface area contributed by atoms with Gasteiger partial charge in [-0.1, -0.05) is 0 Å². The molecular formula is C17H25N5O3S. The zero-order chi connectivity index (χ0) is 18.1. The van der Waals surface area contributed by atoms with E-state index in [2.05, 4.69) is 19.8 Å². The van der Waals surface area contributed by atoms with E-state index < -0.39 is 9.84 Å². The first-order chi connectivity index (χ1) is 12.5. The minimum absolute atomic E-state index is 0.0824. The van der Waals surface area contributed by atoms with Gasteiger partial charge < -0.3 is 9.80 Å². The van der Waals surface area contributed by atoms with Crippen molar-refractivity contribution in [2.45, 2.75) is 31.3 Å². The molecular weight excluding hydrogens is 354 g/mol. The minimum Gasteiger partial charge on any atom is -0.338 e. The van der Waals surface area contributed by atoms with E-state index in [4.69, 9.17) is 0 Å². The Morgan fingerprint density at radius 2 is 1.77 bits per heavy atom. The average molecular weight is 379 g/mol. The molecule has 0 radical (unpaired) electrons. The van der Waals surface area contributed by atoms with Gasteiger partial charge in [0.05, 0.1) is 18.1 Å². The van der Waals surface area contributed by atoms with Gasteiger partial charge in [0.15, 0.2) is 9.84 Å². The van der Waals surface area contributed by atoms with E-state index in [-0.39, 0.29) is 29.5 Å². The van der Waals surface area contributed by atoms with Gasteiger partial charge in [-0.2, -0.15) is 0 Å². The molecule has 26 heavy (non-hydrogen) atoms. The standard InChI is InChI=1S/C17H25N5O3S/c23-16(22(14-2-3-14)15-4-11-26(24,25)13-15)12-20-7-9-21(10-8-20)17-18-5-1-6-19-17/h1,5-6,14-15H,2-4,7-13H2/t15-/m1/s1. The number of anilines is 1. The number of aromatic nitrogens is 2. The number of hydrogen-bond donors (Lipinski definition) is 0. The molecule has 0 N–H and O–H groups in total. The predicted molar refractivity (Wildman–Crippen MR) is 97.6 cm³/mol. The van der Waals surface area contributed by atoms with Gasteiger partial charge in [-0.3, -0.25) is 9.69 Å². The van der Waals surface area contributed by atoms with E-state index in [9.17, 15) is 13.2 Å². The second-order valence-electron chi connectivity index (χ2n) is 7.40. The third-order valence-corrected chi connectivity index (χ3v) is 7.15. The molecule has 0 unspecified atom stereocenters. The second-order valence-corrected chi connectivity index (χ2v) is 9.63. The van der Waals surface area contributed by atoms with E-state index in [0.717, 1.165) is 45.0 Å². The summed E-state index contributed by atoms with van der Waals surface area (Å²) in [5.74, 6) is 1.16. The second kappa shape index (κ2) is 7.11. The van der Waals surface area contributed by atoms with Crippen LogP contribution in [-0.2, 0) is 14.6 Å². The topological polar surface area (TPSA) is 86.7 Å². The van der Waals surface area contributed by atoms with Crippen LogP contribution < -0.4 is 4.90 Å². The van der Waals surface area contributed by atoms with E-state index in [1.165, 1.54) is 0 Å². The van der Waals surface area contributed by atoms with Crippen molar-refractivity contribution in [3.8, 4) is 0 Å². The summed E-state index contributed by atoms with van der Waals surface area (Å²) in [6.07, 6.45) is 6.06. The fourth-order valence-corrected chi connectivity index (χ4v) is 5.60. The van der Waals surface area contributed by atoms with Crippen LogP contribution in [0.25, 0.3) is 0 Å². The van der Waals surface area contributed by atoms with Crippen molar-refractivity contribution in [1.82, 2.24) is 19.8 Å². The summed E-state index contributed by atoms with van der Waals surface area (Å²) in [5, 5.41) is 0. The molecule has 142 valence electrons. The van der Waals surface area contributed by atoms with Crippen molar-refractivity contribution in [2.24, 2.45) is 0 Å². The van der Waals surface area contributed by atoms with E-state index in [1.54, 1.807) is 18.5 Å². The first kappa shape index (κ1) is 17.7. The zero-order valence-electron chi connectivity index (χ0n) is 14.8. The SMILES string of the molecule is O=C(CN1CCN(c2ncccn2)CC1)N(C1CC1)[C@@H]1CCS(=O)(=O)C1. The largest absolute Gasteiger partial charge is 0.338 e. The highest BCUT2D eigenvalue weighted by Crippen LogP contribution is 2.32. The predicted octanol–water partition coefficient (Wildman–Crippen LogP) is -0.223. The number of piperazine rings is 1. The average Bonchev–Trinajstić information content (AvgIpc) is 3.39. The lowest BCUT2D eigenvalue weighted by Gasteiger charge is -2.36. The molecule has 3 fully saturated rings. The maximum absolute atomic E-state index is 12.9. The summed E-state index contributed by atoms with van der Waals surface area (Å²) in [4.78, 5) is 27.6. The molecule has 0 aromatic carbocycles. The van der Waals surface area contributed by atoms with Crippen molar-refractivity contribution in [2.75, 3.05) is 49.1 Å². The molecule has 0 bridgehead atoms. The number of amides is 1. The van der Waals surface area contributed by atoms with Gasteiger partial charge >= 0.3 is 0 Å². The highest BCUT2D eigenvalue weighted by atomic mass is 32.2. The Bertz CT molecular complexity index is 745. The Kier molecular flexibility index (Phi) is 4.83. The quantitative estimate of drug-likeness (QED) is 0.699. The lowest BCUT2D eigenvalue weighted by atomic mass is 10.2. The molecule has 8 nitrogen and oxygen atoms in total. The summed E-state index contributed by atoms with van der Waals surface area (Å²) in [6.45, 7) is 3.52. The van der Waals surface area contributed by atoms with Crippen LogP contribution in [0, 0.1) is 0 Å². The summed E-state index contributed by atoms with van der Waals surface area (Å²) in [7, 11) is -2.98. The lowest BCUT2D eigenvalue weighted by Crippen LogP contribution is -2.52. The maximum Gasteiger partial charge on any atom is 0.237 e. The van der Waals surface area contributed by atoms with Crippen molar-refractivity contribution in [3.63, 3.8) is 0 Å². The number of rotatable bonds is 5. The van der Waals surface area contributed by atoms with Gasteiger partial charge in [0.25, 0.3) is 0 Å². The molecule has 3 aliphatic rings. The number of hydrogen-bond acceptors (Lipinski definition) is 7. The molecule has 1 saturated carbocycles. The van der Waals surface area contributed by atoms with Gasteiger partial charge in [0.2, 0.25) is 11.9 Å². The smallest absolute Gasteiger partial charge is 0.237 e. The maximum atomic E-state index is 12.9. The Balaban J connectivity index is 1.33. The van der Waals surface area contributed by atoms with Gasteiger partial charge in [-0.15, -0.1) is 0 Å². The normalized spacial score (nSPS) is 26.0. The number of nitrogens with zero attached hydrogens (tertiary/aromatic N) is 5. The van der Waals surface area contributed by atoms with Crippen molar-refractivity contribution in [3.05, 3.63) is 18.5 Å². The van der Waals surface area contributed by atoms with E-state index in [1.807, 2.05) is 4.90 Å². The molecule has 2 saturated heterocycles. The van der Waals surface area contributed by atoms with Crippen molar-refractivity contribution < 1.29 is 13.2 Å². The highest BCUT2D eigenvalue weighted by molar-refractivity contribution is 7.91. The molecule has 1 aromatic rings. The summed E-state index contributed by atoms with van der Waals surface area (Å²) in [5.41, 5.74) is 0. The summed E-state index contributed by atoms with van der Waals surface area (Å²) >= 11 is 0. The third-order valence-electron chi connectivity index (χ3n) is 5.40. The molecule has 1 aromatic heterocycles.